The van der Waals surface area contributed by atoms with E-state index in [9.17, 15) is 18.0 Å². The quantitative estimate of drug-likeness (QED) is 0.604. The van der Waals surface area contributed by atoms with Crippen LogP contribution in [0.25, 0.3) is 11.3 Å². The molecule has 0 aliphatic carbocycles. The lowest BCUT2D eigenvalue weighted by atomic mass is 9.98. The predicted molar refractivity (Wildman–Crippen MR) is 119 cm³/mol. The number of hydrogen-bond acceptors (Lipinski definition) is 5. The van der Waals surface area contributed by atoms with Gasteiger partial charge in [-0.3, -0.25) is 9.78 Å². The van der Waals surface area contributed by atoms with Crippen LogP contribution in [-0.2, 0) is 11.2 Å². The van der Waals surface area contributed by atoms with Gasteiger partial charge in [-0.1, -0.05) is 54.6 Å². The van der Waals surface area contributed by atoms with Crippen molar-refractivity contribution in [3.05, 3.63) is 83.8 Å². The molecule has 1 saturated heterocycles. The third kappa shape index (κ3) is 6.85. The monoisotopic (exact) mass is 472 g/mol. The number of aromatic nitrogens is 2. The highest BCUT2D eigenvalue weighted by Crippen LogP contribution is 2.24. The minimum atomic E-state index is -5.08. The molecule has 1 aliphatic rings. The zero-order valence-corrected chi connectivity index (χ0v) is 18.1. The smallest absolute Gasteiger partial charge is 0.475 e. The first-order chi connectivity index (χ1) is 16.3. The topological polar surface area (TPSA) is 95.4 Å². The molecule has 2 aromatic carbocycles. The molecule has 34 heavy (non-hydrogen) atoms. The Bertz CT molecular complexity index is 1100. The van der Waals surface area contributed by atoms with Crippen molar-refractivity contribution in [2.24, 2.45) is 0 Å². The fourth-order valence-corrected chi connectivity index (χ4v) is 3.35. The van der Waals surface area contributed by atoms with Crippen LogP contribution in [0, 0.1) is 0 Å². The van der Waals surface area contributed by atoms with Gasteiger partial charge in [0.05, 0.1) is 18.1 Å². The van der Waals surface area contributed by atoms with Gasteiger partial charge in [0.15, 0.2) is 0 Å². The number of nitrogens with one attached hydrogen (secondary N) is 1. The maximum absolute atomic E-state index is 12.6. The van der Waals surface area contributed by atoms with E-state index < -0.39 is 12.1 Å². The van der Waals surface area contributed by atoms with Crippen molar-refractivity contribution in [3.63, 3.8) is 0 Å². The third-order valence-electron chi connectivity index (χ3n) is 5.05. The average molecular weight is 472 g/mol. The minimum Gasteiger partial charge on any atom is -0.475 e. The summed E-state index contributed by atoms with van der Waals surface area (Å²) in [5.41, 5.74) is 4.69. The molecule has 4 rings (SSSR count). The summed E-state index contributed by atoms with van der Waals surface area (Å²) >= 11 is 0. The van der Waals surface area contributed by atoms with Crippen molar-refractivity contribution in [2.75, 3.05) is 26.2 Å². The number of hydrogen-bond donors (Lipinski definition) is 2. The van der Waals surface area contributed by atoms with Crippen LogP contribution in [-0.4, -0.2) is 64.2 Å². The number of carboxylic acids is 1. The molecule has 1 aliphatic heterocycles. The summed E-state index contributed by atoms with van der Waals surface area (Å²) in [5.74, 6) is -2.80. The van der Waals surface area contributed by atoms with Gasteiger partial charge in [0, 0.05) is 31.7 Å². The lowest BCUT2D eigenvalue weighted by Crippen LogP contribution is -2.46. The molecule has 0 unspecified atom stereocenters. The standard InChI is InChI=1S/C22H22N4O.C2HF3O2/c27-22(26-12-10-23-11-13-26)21-16-24-20(15-25-21)19-9-5-4-8-18(19)14-17-6-2-1-3-7-17;3-2(4,5)1(6)7/h1-9,15-16,23H,10-14H2;(H,6,7). The van der Waals surface area contributed by atoms with Crippen molar-refractivity contribution < 1.29 is 27.9 Å². The maximum atomic E-state index is 12.6. The van der Waals surface area contributed by atoms with E-state index in [1.807, 2.05) is 35.2 Å². The van der Waals surface area contributed by atoms with Crippen LogP contribution < -0.4 is 5.32 Å². The fraction of sp³-hybridized carbons (Fsp3) is 0.250. The van der Waals surface area contributed by atoms with Crippen LogP contribution >= 0.6 is 0 Å². The fourth-order valence-electron chi connectivity index (χ4n) is 3.35. The first-order valence-electron chi connectivity index (χ1n) is 10.5. The highest BCUT2D eigenvalue weighted by molar-refractivity contribution is 5.92. The summed E-state index contributed by atoms with van der Waals surface area (Å²) in [6.07, 6.45) is -0.946. The van der Waals surface area contributed by atoms with Crippen LogP contribution in [0.5, 0.6) is 0 Å². The number of nitrogens with zero attached hydrogens (tertiary/aromatic N) is 3. The van der Waals surface area contributed by atoms with E-state index in [1.165, 1.54) is 11.1 Å². The summed E-state index contributed by atoms with van der Waals surface area (Å²) in [4.78, 5) is 32.2. The van der Waals surface area contributed by atoms with E-state index in [2.05, 4.69) is 39.6 Å². The first-order valence-corrected chi connectivity index (χ1v) is 10.5. The summed E-state index contributed by atoms with van der Waals surface area (Å²) in [7, 11) is 0. The second kappa shape index (κ2) is 11.4. The molecule has 2 heterocycles. The number of carbonyl (C=O) groups is 2. The Balaban J connectivity index is 0.000000406. The number of piperazine rings is 1. The molecule has 1 amide bonds. The number of alkyl halides is 3. The Morgan fingerprint density at radius 3 is 2.15 bits per heavy atom. The molecule has 3 aromatic rings. The summed E-state index contributed by atoms with van der Waals surface area (Å²) in [6, 6.07) is 18.6. The number of carboxylic acid groups (broad SMARTS) is 1. The van der Waals surface area contributed by atoms with Gasteiger partial charge in [-0.25, -0.2) is 9.78 Å². The molecule has 2 N–H and O–H groups in total. The molecule has 7 nitrogen and oxygen atoms in total. The Morgan fingerprint density at radius 1 is 0.941 bits per heavy atom. The zero-order chi connectivity index (χ0) is 24.6. The molecule has 10 heteroatoms. The van der Waals surface area contributed by atoms with Gasteiger partial charge in [0.1, 0.15) is 5.69 Å². The largest absolute Gasteiger partial charge is 0.490 e. The van der Waals surface area contributed by atoms with Crippen molar-refractivity contribution in [1.82, 2.24) is 20.2 Å². The van der Waals surface area contributed by atoms with Gasteiger partial charge in [-0.05, 0) is 17.5 Å². The number of halogens is 3. The normalized spacial score (nSPS) is 13.6. The van der Waals surface area contributed by atoms with Gasteiger partial charge in [0.25, 0.3) is 5.91 Å². The molecule has 0 bridgehead atoms. The molecule has 0 spiro atoms. The predicted octanol–water partition coefficient (Wildman–Crippen LogP) is 3.41. The Kier molecular flexibility index (Phi) is 8.31. The van der Waals surface area contributed by atoms with Gasteiger partial charge in [-0.15, -0.1) is 0 Å². The lowest BCUT2D eigenvalue weighted by molar-refractivity contribution is -0.192. The second-order valence-electron chi connectivity index (χ2n) is 7.45. The number of carbonyl (C=O) groups excluding carboxylic acids is 1. The van der Waals surface area contributed by atoms with Gasteiger partial charge < -0.3 is 15.3 Å². The Hall–Kier alpha value is -3.79. The van der Waals surface area contributed by atoms with E-state index in [1.54, 1.807) is 12.4 Å². The SMILES string of the molecule is O=C(O)C(F)(F)F.O=C(c1cnc(-c2ccccc2Cc2ccccc2)cn1)N1CCNCC1. The van der Waals surface area contributed by atoms with Gasteiger partial charge in [-0.2, -0.15) is 13.2 Å². The van der Waals surface area contributed by atoms with Gasteiger partial charge >= 0.3 is 12.1 Å². The van der Waals surface area contributed by atoms with Crippen LogP contribution in [0.1, 0.15) is 21.6 Å². The number of aliphatic carboxylic acids is 1. The van der Waals surface area contributed by atoms with Crippen LogP contribution in [0.3, 0.4) is 0 Å². The van der Waals surface area contributed by atoms with Crippen molar-refractivity contribution in [1.29, 1.82) is 0 Å². The third-order valence-corrected chi connectivity index (χ3v) is 5.05. The summed E-state index contributed by atoms with van der Waals surface area (Å²) in [6.45, 7) is 3.07. The molecule has 1 aromatic heterocycles. The van der Waals surface area contributed by atoms with E-state index in [0.717, 1.165) is 30.8 Å². The Labute approximate surface area is 194 Å². The molecular formula is C24H23F3N4O3. The summed E-state index contributed by atoms with van der Waals surface area (Å²) in [5, 5.41) is 10.4. The van der Waals surface area contributed by atoms with Crippen LogP contribution in [0.2, 0.25) is 0 Å². The maximum Gasteiger partial charge on any atom is 0.490 e. The van der Waals surface area contributed by atoms with E-state index in [0.29, 0.717) is 18.8 Å². The highest BCUT2D eigenvalue weighted by Gasteiger charge is 2.38. The first kappa shape index (κ1) is 24.8. The van der Waals surface area contributed by atoms with Crippen molar-refractivity contribution in [2.45, 2.75) is 12.6 Å². The Morgan fingerprint density at radius 2 is 1.56 bits per heavy atom. The average Bonchev–Trinajstić information content (AvgIpc) is 2.85. The number of benzene rings is 2. The number of rotatable bonds is 4. The van der Waals surface area contributed by atoms with Crippen molar-refractivity contribution >= 4 is 11.9 Å². The zero-order valence-electron chi connectivity index (χ0n) is 18.1. The second-order valence-corrected chi connectivity index (χ2v) is 7.45. The summed E-state index contributed by atoms with van der Waals surface area (Å²) < 4.78 is 31.7. The minimum absolute atomic E-state index is 0.0480. The molecule has 0 saturated carbocycles. The molecule has 178 valence electrons. The van der Waals surface area contributed by atoms with Gasteiger partial charge in [0.2, 0.25) is 0 Å². The van der Waals surface area contributed by atoms with E-state index >= 15 is 0 Å². The molecular weight excluding hydrogens is 449 g/mol. The molecule has 0 atom stereocenters. The molecule has 0 radical (unpaired) electrons. The highest BCUT2D eigenvalue weighted by atomic mass is 19.4. The van der Waals surface area contributed by atoms with E-state index in [4.69, 9.17) is 9.90 Å². The van der Waals surface area contributed by atoms with E-state index in [-0.39, 0.29) is 5.91 Å². The van der Waals surface area contributed by atoms with Crippen LogP contribution in [0.4, 0.5) is 13.2 Å². The van der Waals surface area contributed by atoms with Crippen LogP contribution in [0.15, 0.2) is 67.0 Å². The lowest BCUT2D eigenvalue weighted by Gasteiger charge is -2.26. The molecule has 1 fully saturated rings. The van der Waals surface area contributed by atoms with Crippen molar-refractivity contribution in [3.8, 4) is 11.3 Å². The number of amides is 1.